The first kappa shape index (κ1) is 19.1. The highest BCUT2D eigenvalue weighted by atomic mass is 16.5. The molecule has 0 saturated carbocycles. The van der Waals surface area contributed by atoms with E-state index in [-0.39, 0.29) is 5.91 Å². The van der Waals surface area contributed by atoms with Gasteiger partial charge in [0.2, 0.25) is 11.7 Å². The van der Waals surface area contributed by atoms with Crippen LogP contribution in [0.4, 0.5) is 5.69 Å². The molecule has 0 radical (unpaired) electrons. The molecule has 0 aromatic heterocycles. The minimum atomic E-state index is -0.734. The molecule has 0 aliphatic carbocycles. The Hall–Kier alpha value is -3.22. The first-order valence-corrected chi connectivity index (χ1v) is 7.97. The van der Waals surface area contributed by atoms with Gasteiger partial charge in [0.25, 0.3) is 5.91 Å². The van der Waals surface area contributed by atoms with Crippen LogP contribution in [0.25, 0.3) is 0 Å². The van der Waals surface area contributed by atoms with Gasteiger partial charge >= 0.3 is 0 Å². The molecule has 0 unspecified atom stereocenters. The molecule has 2 amide bonds. The van der Waals surface area contributed by atoms with Crippen molar-refractivity contribution in [2.45, 2.75) is 13.0 Å². The molecule has 2 rings (SSSR count). The molecule has 7 heteroatoms. The van der Waals surface area contributed by atoms with E-state index in [2.05, 4.69) is 10.6 Å². The van der Waals surface area contributed by atoms with Gasteiger partial charge in [-0.05, 0) is 31.2 Å². The van der Waals surface area contributed by atoms with Crippen molar-refractivity contribution in [3.8, 4) is 17.2 Å². The smallest absolute Gasteiger partial charge is 0.252 e. The summed E-state index contributed by atoms with van der Waals surface area (Å²) in [6, 6.07) is 11.3. The van der Waals surface area contributed by atoms with Gasteiger partial charge in [0, 0.05) is 11.3 Å². The summed E-state index contributed by atoms with van der Waals surface area (Å²) in [7, 11) is 4.42. The van der Waals surface area contributed by atoms with Crippen LogP contribution in [-0.4, -0.2) is 39.2 Å². The zero-order chi connectivity index (χ0) is 19.1. The lowest BCUT2D eigenvalue weighted by Crippen LogP contribution is -2.41. The summed E-state index contributed by atoms with van der Waals surface area (Å²) in [6.45, 7) is 1.61. The molecule has 0 saturated heterocycles. The second-order valence-electron chi connectivity index (χ2n) is 5.46. The van der Waals surface area contributed by atoms with Gasteiger partial charge in [-0.2, -0.15) is 0 Å². The van der Waals surface area contributed by atoms with Crippen LogP contribution in [0.2, 0.25) is 0 Å². The molecule has 0 aliphatic heterocycles. The Morgan fingerprint density at radius 2 is 1.50 bits per heavy atom. The molecule has 26 heavy (non-hydrogen) atoms. The van der Waals surface area contributed by atoms with Crippen molar-refractivity contribution >= 4 is 17.5 Å². The number of ether oxygens (including phenoxy) is 3. The van der Waals surface area contributed by atoms with Crippen LogP contribution in [0.5, 0.6) is 17.2 Å². The number of hydrogen-bond donors (Lipinski definition) is 2. The molecule has 138 valence electrons. The first-order chi connectivity index (χ1) is 12.5. The Labute approximate surface area is 152 Å². The van der Waals surface area contributed by atoms with E-state index in [4.69, 9.17) is 14.2 Å². The van der Waals surface area contributed by atoms with Crippen LogP contribution < -0.4 is 24.8 Å². The predicted octanol–water partition coefficient (Wildman–Crippen LogP) is 2.47. The summed E-state index contributed by atoms with van der Waals surface area (Å²) in [4.78, 5) is 24.7. The van der Waals surface area contributed by atoms with Gasteiger partial charge in [-0.15, -0.1) is 0 Å². The highest BCUT2D eigenvalue weighted by molar-refractivity contribution is 6.01. The highest BCUT2D eigenvalue weighted by Crippen LogP contribution is 2.38. The van der Waals surface area contributed by atoms with Gasteiger partial charge in [0.05, 0.1) is 21.3 Å². The number of amides is 2. The number of benzene rings is 2. The first-order valence-electron chi connectivity index (χ1n) is 7.97. The van der Waals surface area contributed by atoms with Gasteiger partial charge in [-0.1, -0.05) is 18.2 Å². The monoisotopic (exact) mass is 358 g/mol. The van der Waals surface area contributed by atoms with Crippen LogP contribution >= 0.6 is 0 Å². The molecule has 7 nitrogen and oxygen atoms in total. The van der Waals surface area contributed by atoms with E-state index in [1.54, 1.807) is 19.1 Å². The van der Waals surface area contributed by atoms with Crippen molar-refractivity contribution in [3.05, 3.63) is 48.0 Å². The van der Waals surface area contributed by atoms with Crippen LogP contribution in [0.3, 0.4) is 0 Å². The number of anilines is 1. The van der Waals surface area contributed by atoms with E-state index in [0.717, 1.165) is 0 Å². The summed E-state index contributed by atoms with van der Waals surface area (Å²) in [5.41, 5.74) is 0.949. The molecule has 0 bridgehead atoms. The van der Waals surface area contributed by atoms with Crippen LogP contribution in [0.15, 0.2) is 42.5 Å². The zero-order valence-electron chi connectivity index (χ0n) is 15.2. The largest absolute Gasteiger partial charge is 0.493 e. The van der Waals surface area contributed by atoms with Crippen molar-refractivity contribution in [1.82, 2.24) is 5.32 Å². The Bertz CT molecular complexity index is 752. The number of methoxy groups -OCH3 is 3. The summed E-state index contributed by atoms with van der Waals surface area (Å²) in [5.74, 6) is 0.357. The molecule has 1 atom stereocenters. The molecule has 0 aliphatic rings. The maximum atomic E-state index is 12.5. The van der Waals surface area contributed by atoms with E-state index in [0.29, 0.717) is 28.5 Å². The average molecular weight is 358 g/mol. The van der Waals surface area contributed by atoms with Crippen molar-refractivity contribution in [2.75, 3.05) is 26.6 Å². The van der Waals surface area contributed by atoms with Gasteiger partial charge in [-0.25, -0.2) is 0 Å². The summed E-state index contributed by atoms with van der Waals surface area (Å²) >= 11 is 0. The Kier molecular flexibility index (Phi) is 6.43. The van der Waals surface area contributed by atoms with E-state index >= 15 is 0 Å². The number of para-hydroxylation sites is 1. The number of rotatable bonds is 7. The molecule has 0 heterocycles. The summed E-state index contributed by atoms with van der Waals surface area (Å²) < 4.78 is 15.7. The summed E-state index contributed by atoms with van der Waals surface area (Å²) in [5, 5.41) is 5.39. The standard InChI is InChI=1S/C19H22N2O5/c1-12(18(22)21-14-8-6-5-7-9-14)20-19(23)13-10-15(24-2)17(26-4)16(11-13)25-3/h5-12H,1-4H3,(H,20,23)(H,21,22)/t12-/m0/s1. The molecule has 2 aromatic rings. The van der Waals surface area contributed by atoms with Crippen molar-refractivity contribution in [3.63, 3.8) is 0 Å². The van der Waals surface area contributed by atoms with Gasteiger partial charge < -0.3 is 24.8 Å². The lowest BCUT2D eigenvalue weighted by Gasteiger charge is -2.16. The molecule has 2 aromatic carbocycles. The molecule has 2 N–H and O–H groups in total. The maximum Gasteiger partial charge on any atom is 0.252 e. The van der Waals surface area contributed by atoms with Gasteiger partial charge in [0.15, 0.2) is 11.5 Å². The van der Waals surface area contributed by atoms with E-state index < -0.39 is 11.9 Å². The fraction of sp³-hybridized carbons (Fsp3) is 0.263. The predicted molar refractivity (Wildman–Crippen MR) is 98.1 cm³/mol. The third-order valence-electron chi connectivity index (χ3n) is 3.71. The van der Waals surface area contributed by atoms with Crippen LogP contribution in [0, 0.1) is 0 Å². The Balaban J connectivity index is 2.12. The molecule has 0 fully saturated rings. The lowest BCUT2D eigenvalue weighted by atomic mass is 10.1. The fourth-order valence-corrected chi connectivity index (χ4v) is 2.33. The van der Waals surface area contributed by atoms with E-state index in [1.165, 1.54) is 33.5 Å². The quantitative estimate of drug-likeness (QED) is 0.794. The second-order valence-corrected chi connectivity index (χ2v) is 5.46. The minimum Gasteiger partial charge on any atom is -0.493 e. The number of carbonyl (C=O) groups is 2. The van der Waals surface area contributed by atoms with Crippen molar-refractivity contribution in [2.24, 2.45) is 0 Å². The van der Waals surface area contributed by atoms with Gasteiger partial charge in [-0.3, -0.25) is 9.59 Å². The molecular weight excluding hydrogens is 336 g/mol. The van der Waals surface area contributed by atoms with E-state index in [1.807, 2.05) is 18.2 Å². The average Bonchev–Trinajstić information content (AvgIpc) is 2.67. The van der Waals surface area contributed by atoms with Crippen LogP contribution in [-0.2, 0) is 4.79 Å². The third kappa shape index (κ3) is 4.44. The topological polar surface area (TPSA) is 85.9 Å². The zero-order valence-corrected chi connectivity index (χ0v) is 15.2. The maximum absolute atomic E-state index is 12.5. The Morgan fingerprint density at radius 1 is 0.923 bits per heavy atom. The highest BCUT2D eigenvalue weighted by Gasteiger charge is 2.20. The van der Waals surface area contributed by atoms with E-state index in [9.17, 15) is 9.59 Å². The number of nitrogens with one attached hydrogen (secondary N) is 2. The second kappa shape index (κ2) is 8.75. The third-order valence-corrected chi connectivity index (χ3v) is 3.71. The fourth-order valence-electron chi connectivity index (χ4n) is 2.33. The minimum absolute atomic E-state index is 0.291. The van der Waals surface area contributed by atoms with Crippen LogP contribution in [0.1, 0.15) is 17.3 Å². The summed E-state index contributed by atoms with van der Waals surface area (Å²) in [6.07, 6.45) is 0. The van der Waals surface area contributed by atoms with Crippen molar-refractivity contribution in [1.29, 1.82) is 0 Å². The normalized spacial score (nSPS) is 11.2. The van der Waals surface area contributed by atoms with Gasteiger partial charge in [0.1, 0.15) is 6.04 Å². The number of carbonyl (C=O) groups excluding carboxylic acids is 2. The van der Waals surface area contributed by atoms with Crippen molar-refractivity contribution < 1.29 is 23.8 Å². The molecular formula is C19H22N2O5. The number of hydrogen-bond acceptors (Lipinski definition) is 5. The lowest BCUT2D eigenvalue weighted by molar-refractivity contribution is -0.117. The Morgan fingerprint density at radius 3 is 2.00 bits per heavy atom. The SMILES string of the molecule is COc1cc(C(=O)N[C@@H](C)C(=O)Nc2ccccc2)cc(OC)c1OC. The molecule has 0 spiro atoms.